The van der Waals surface area contributed by atoms with E-state index >= 15 is 0 Å². The fraction of sp³-hybridized carbons (Fsp3) is 0.667. The average molecular weight is 168 g/mol. The second-order valence-corrected chi connectivity index (χ2v) is 3.29. The molecular weight excluding hydrogens is 152 g/mol. The van der Waals surface area contributed by atoms with Crippen LogP contribution in [0.15, 0.2) is 6.07 Å². The summed E-state index contributed by atoms with van der Waals surface area (Å²) < 4.78 is 1.87. The largest absolute Gasteiger partial charge is 0.393 e. The van der Waals surface area contributed by atoms with Crippen molar-refractivity contribution in [2.75, 3.05) is 0 Å². The molecule has 0 fully saturated rings. The van der Waals surface area contributed by atoms with Crippen molar-refractivity contribution < 1.29 is 5.11 Å². The van der Waals surface area contributed by atoms with Gasteiger partial charge in [-0.3, -0.25) is 4.68 Å². The number of aliphatic hydroxyl groups is 1. The van der Waals surface area contributed by atoms with E-state index in [4.69, 9.17) is 5.11 Å². The fourth-order valence-corrected chi connectivity index (χ4v) is 1.25. The monoisotopic (exact) mass is 168 g/mol. The zero-order valence-electron chi connectivity index (χ0n) is 7.91. The summed E-state index contributed by atoms with van der Waals surface area (Å²) in [5.41, 5.74) is 2.23. The lowest BCUT2D eigenvalue weighted by Gasteiger charge is -2.03. The number of nitrogens with zero attached hydrogens (tertiary/aromatic N) is 2. The lowest BCUT2D eigenvalue weighted by Crippen LogP contribution is -2.04. The Morgan fingerprint density at radius 2 is 2.33 bits per heavy atom. The average Bonchev–Trinajstić information content (AvgIpc) is 2.26. The van der Waals surface area contributed by atoms with Crippen molar-refractivity contribution >= 4 is 0 Å². The van der Waals surface area contributed by atoms with E-state index < -0.39 is 0 Å². The number of aromatic nitrogens is 2. The van der Waals surface area contributed by atoms with Crippen molar-refractivity contribution in [1.82, 2.24) is 9.78 Å². The maximum atomic E-state index is 9.08. The number of aliphatic hydroxyl groups excluding tert-OH is 1. The highest BCUT2D eigenvalue weighted by molar-refractivity contribution is 5.08. The van der Waals surface area contributed by atoms with Crippen LogP contribution in [0.5, 0.6) is 0 Å². The van der Waals surface area contributed by atoms with Crippen molar-refractivity contribution in [2.24, 2.45) is 7.05 Å². The molecule has 0 saturated heterocycles. The summed E-state index contributed by atoms with van der Waals surface area (Å²) in [6.07, 6.45) is 1.48. The second kappa shape index (κ2) is 3.72. The van der Waals surface area contributed by atoms with E-state index in [0.29, 0.717) is 0 Å². The smallest absolute Gasteiger partial charge is 0.0596 e. The summed E-state index contributed by atoms with van der Waals surface area (Å²) >= 11 is 0. The van der Waals surface area contributed by atoms with E-state index in [1.807, 2.05) is 25.6 Å². The molecule has 0 aliphatic rings. The molecule has 3 heteroatoms. The van der Waals surface area contributed by atoms with Crippen LogP contribution >= 0.6 is 0 Å². The van der Waals surface area contributed by atoms with Crippen LogP contribution < -0.4 is 0 Å². The Bertz CT molecular complexity index is 253. The van der Waals surface area contributed by atoms with Crippen molar-refractivity contribution in [3.63, 3.8) is 0 Å². The predicted molar refractivity (Wildman–Crippen MR) is 47.9 cm³/mol. The van der Waals surface area contributed by atoms with E-state index in [9.17, 15) is 0 Å². The molecule has 0 radical (unpaired) electrons. The summed E-state index contributed by atoms with van der Waals surface area (Å²) in [5.74, 6) is 0. The van der Waals surface area contributed by atoms with Crippen molar-refractivity contribution in [3.05, 3.63) is 17.5 Å². The second-order valence-electron chi connectivity index (χ2n) is 3.29. The number of aryl methyl sites for hydroxylation is 3. The predicted octanol–water partition coefficient (Wildman–Crippen LogP) is 1.04. The molecule has 0 amide bonds. The molecule has 12 heavy (non-hydrogen) atoms. The minimum absolute atomic E-state index is 0.222. The molecular formula is C9H16N2O. The van der Waals surface area contributed by atoms with Crippen molar-refractivity contribution in [1.29, 1.82) is 0 Å². The molecule has 1 rings (SSSR count). The van der Waals surface area contributed by atoms with Gasteiger partial charge in [-0.1, -0.05) is 0 Å². The molecule has 0 aliphatic heterocycles. The van der Waals surface area contributed by atoms with E-state index in [1.54, 1.807) is 0 Å². The molecule has 1 N–H and O–H groups in total. The van der Waals surface area contributed by atoms with Crippen LogP contribution in [-0.2, 0) is 13.5 Å². The highest BCUT2D eigenvalue weighted by Crippen LogP contribution is 2.06. The molecule has 68 valence electrons. The molecule has 0 aromatic carbocycles. The Hall–Kier alpha value is -0.830. The Labute approximate surface area is 73.0 Å². The van der Waals surface area contributed by atoms with E-state index in [1.165, 1.54) is 5.69 Å². The van der Waals surface area contributed by atoms with E-state index in [-0.39, 0.29) is 6.10 Å². The van der Waals surface area contributed by atoms with Gasteiger partial charge in [-0.05, 0) is 32.8 Å². The topological polar surface area (TPSA) is 38.0 Å². The fourth-order valence-electron chi connectivity index (χ4n) is 1.25. The molecule has 0 aliphatic carbocycles. The summed E-state index contributed by atoms with van der Waals surface area (Å²) in [5, 5.41) is 13.3. The zero-order chi connectivity index (χ0) is 9.14. The van der Waals surface area contributed by atoms with Gasteiger partial charge in [-0.2, -0.15) is 5.10 Å². The van der Waals surface area contributed by atoms with Crippen molar-refractivity contribution in [3.8, 4) is 0 Å². The van der Waals surface area contributed by atoms with Gasteiger partial charge in [0.25, 0.3) is 0 Å². The van der Waals surface area contributed by atoms with Gasteiger partial charge in [0.2, 0.25) is 0 Å². The normalized spacial score (nSPS) is 13.3. The Kier molecular flexibility index (Phi) is 2.87. The van der Waals surface area contributed by atoms with Gasteiger partial charge in [0.05, 0.1) is 11.8 Å². The summed E-state index contributed by atoms with van der Waals surface area (Å²) in [6.45, 7) is 3.79. The van der Waals surface area contributed by atoms with Crippen LogP contribution in [0.1, 0.15) is 24.7 Å². The van der Waals surface area contributed by atoms with Crippen molar-refractivity contribution in [2.45, 2.75) is 32.8 Å². The number of rotatable bonds is 3. The van der Waals surface area contributed by atoms with E-state index in [2.05, 4.69) is 11.2 Å². The highest BCUT2D eigenvalue weighted by atomic mass is 16.3. The first-order valence-electron chi connectivity index (χ1n) is 4.27. The van der Waals surface area contributed by atoms with Gasteiger partial charge >= 0.3 is 0 Å². The maximum absolute atomic E-state index is 9.08. The SMILES string of the molecule is Cc1cc(CCC(C)O)n(C)n1. The van der Waals surface area contributed by atoms with Crippen LogP contribution in [-0.4, -0.2) is 21.0 Å². The van der Waals surface area contributed by atoms with Crippen LogP contribution in [0, 0.1) is 6.92 Å². The molecule has 1 aromatic heterocycles. The molecule has 1 atom stereocenters. The standard InChI is InChI=1S/C9H16N2O/c1-7-6-9(11(3)10-7)5-4-8(2)12/h6,8,12H,4-5H2,1-3H3. The molecule has 1 heterocycles. The first-order chi connectivity index (χ1) is 5.59. The molecule has 3 nitrogen and oxygen atoms in total. The van der Waals surface area contributed by atoms with Gasteiger partial charge in [-0.25, -0.2) is 0 Å². The number of hydrogen-bond donors (Lipinski definition) is 1. The van der Waals surface area contributed by atoms with Crippen LogP contribution in [0.3, 0.4) is 0 Å². The van der Waals surface area contributed by atoms with E-state index in [0.717, 1.165) is 18.5 Å². The molecule has 0 saturated carbocycles. The third-order valence-corrected chi connectivity index (χ3v) is 1.92. The highest BCUT2D eigenvalue weighted by Gasteiger charge is 2.03. The Balaban J connectivity index is 2.57. The molecule has 0 bridgehead atoms. The molecule has 1 aromatic rings. The third-order valence-electron chi connectivity index (χ3n) is 1.92. The minimum atomic E-state index is -0.222. The summed E-state index contributed by atoms with van der Waals surface area (Å²) in [7, 11) is 1.93. The van der Waals surface area contributed by atoms with Crippen LogP contribution in [0.4, 0.5) is 0 Å². The van der Waals surface area contributed by atoms with Gasteiger partial charge in [0.15, 0.2) is 0 Å². The van der Waals surface area contributed by atoms with Gasteiger partial charge in [0.1, 0.15) is 0 Å². The quantitative estimate of drug-likeness (QED) is 0.732. The first kappa shape index (κ1) is 9.26. The lowest BCUT2D eigenvalue weighted by molar-refractivity contribution is 0.184. The van der Waals surface area contributed by atoms with Crippen LogP contribution in [0.25, 0.3) is 0 Å². The number of hydrogen-bond acceptors (Lipinski definition) is 2. The lowest BCUT2D eigenvalue weighted by atomic mass is 10.2. The van der Waals surface area contributed by atoms with Gasteiger partial charge < -0.3 is 5.11 Å². The Morgan fingerprint density at radius 3 is 2.75 bits per heavy atom. The van der Waals surface area contributed by atoms with Crippen LogP contribution in [0.2, 0.25) is 0 Å². The summed E-state index contributed by atoms with van der Waals surface area (Å²) in [4.78, 5) is 0. The molecule has 1 unspecified atom stereocenters. The first-order valence-corrected chi connectivity index (χ1v) is 4.27. The van der Waals surface area contributed by atoms with Gasteiger partial charge in [-0.15, -0.1) is 0 Å². The van der Waals surface area contributed by atoms with Gasteiger partial charge in [0, 0.05) is 12.7 Å². The summed E-state index contributed by atoms with van der Waals surface area (Å²) in [6, 6.07) is 2.06. The third kappa shape index (κ3) is 2.34. The molecule has 0 spiro atoms. The maximum Gasteiger partial charge on any atom is 0.0596 e. The Morgan fingerprint density at radius 1 is 1.67 bits per heavy atom. The zero-order valence-corrected chi connectivity index (χ0v) is 7.91. The minimum Gasteiger partial charge on any atom is -0.393 e.